The number of furan rings is 1. The Balaban J connectivity index is 2.15. The van der Waals surface area contributed by atoms with Crippen LogP contribution in [0.4, 0.5) is 0 Å². The monoisotopic (exact) mass is 224 g/mol. The lowest BCUT2D eigenvalue weighted by Crippen LogP contribution is -1.81. The molecule has 0 saturated heterocycles. The second kappa shape index (κ2) is 5.79. The van der Waals surface area contributed by atoms with E-state index in [0.29, 0.717) is 5.22 Å². The summed E-state index contributed by atoms with van der Waals surface area (Å²) in [5.74, 6) is 3.61. The number of hydrogen-bond acceptors (Lipinski definition) is 2. The van der Waals surface area contributed by atoms with Crippen LogP contribution < -0.4 is 0 Å². The van der Waals surface area contributed by atoms with E-state index in [-0.39, 0.29) is 0 Å². The second-order valence-electron chi connectivity index (χ2n) is 2.30. The summed E-state index contributed by atoms with van der Waals surface area (Å²) in [6, 6.07) is 3.66. The van der Waals surface area contributed by atoms with Gasteiger partial charge in [0.1, 0.15) is 5.76 Å². The molecule has 0 aliphatic rings. The zero-order chi connectivity index (χ0) is 8.81. The van der Waals surface area contributed by atoms with Crippen LogP contribution in [-0.4, -0.2) is 11.6 Å². The molecular formula is C8H10Cl2OS. The Hall–Kier alpha value is 0.210. The van der Waals surface area contributed by atoms with Crippen LogP contribution in [0.3, 0.4) is 0 Å². The lowest BCUT2D eigenvalue weighted by atomic mass is 10.5. The van der Waals surface area contributed by atoms with E-state index >= 15 is 0 Å². The first-order valence-electron chi connectivity index (χ1n) is 3.71. The van der Waals surface area contributed by atoms with Crippen molar-refractivity contribution in [1.29, 1.82) is 0 Å². The van der Waals surface area contributed by atoms with Crippen LogP contribution in [0.2, 0.25) is 5.22 Å². The Bertz CT molecular complexity index is 225. The highest BCUT2D eigenvalue weighted by atomic mass is 35.5. The van der Waals surface area contributed by atoms with Crippen molar-refractivity contribution >= 4 is 35.0 Å². The molecule has 4 heteroatoms. The summed E-state index contributed by atoms with van der Waals surface area (Å²) in [6.45, 7) is 0. The molecule has 1 rings (SSSR count). The molecule has 0 bridgehead atoms. The highest BCUT2D eigenvalue weighted by Gasteiger charge is 1.98. The van der Waals surface area contributed by atoms with E-state index in [2.05, 4.69) is 0 Å². The summed E-state index contributed by atoms with van der Waals surface area (Å²) in [4.78, 5) is 0. The summed E-state index contributed by atoms with van der Waals surface area (Å²) in [5, 5.41) is 0.461. The van der Waals surface area contributed by atoms with E-state index in [1.165, 1.54) is 0 Å². The largest absolute Gasteiger partial charge is 0.449 e. The van der Waals surface area contributed by atoms with E-state index in [1.54, 1.807) is 6.07 Å². The lowest BCUT2D eigenvalue weighted by Gasteiger charge is -1.95. The fourth-order valence-corrected chi connectivity index (χ4v) is 2.06. The van der Waals surface area contributed by atoms with Gasteiger partial charge in [0, 0.05) is 5.88 Å². The fourth-order valence-electron chi connectivity index (χ4n) is 0.759. The average molecular weight is 225 g/mol. The molecule has 1 aromatic heterocycles. The van der Waals surface area contributed by atoms with Gasteiger partial charge in [-0.1, -0.05) is 0 Å². The Morgan fingerprint density at radius 3 is 2.83 bits per heavy atom. The summed E-state index contributed by atoms with van der Waals surface area (Å²) < 4.78 is 5.18. The molecule has 1 heterocycles. The van der Waals surface area contributed by atoms with E-state index in [9.17, 15) is 0 Å². The molecule has 68 valence electrons. The van der Waals surface area contributed by atoms with Crippen molar-refractivity contribution in [3.63, 3.8) is 0 Å². The van der Waals surface area contributed by atoms with Crippen molar-refractivity contribution < 1.29 is 4.42 Å². The van der Waals surface area contributed by atoms with Crippen LogP contribution >= 0.6 is 35.0 Å². The van der Waals surface area contributed by atoms with Gasteiger partial charge >= 0.3 is 0 Å². The van der Waals surface area contributed by atoms with Crippen LogP contribution in [-0.2, 0) is 5.75 Å². The number of alkyl halides is 1. The molecule has 12 heavy (non-hydrogen) atoms. The van der Waals surface area contributed by atoms with Crippen molar-refractivity contribution in [1.82, 2.24) is 0 Å². The van der Waals surface area contributed by atoms with Crippen molar-refractivity contribution in [2.45, 2.75) is 12.2 Å². The van der Waals surface area contributed by atoms with Gasteiger partial charge in [-0.3, -0.25) is 0 Å². The minimum absolute atomic E-state index is 0.461. The van der Waals surface area contributed by atoms with Gasteiger partial charge in [-0.25, -0.2) is 0 Å². The smallest absolute Gasteiger partial charge is 0.193 e. The van der Waals surface area contributed by atoms with E-state index in [0.717, 1.165) is 29.6 Å². The minimum atomic E-state index is 0.461. The van der Waals surface area contributed by atoms with Crippen LogP contribution in [0.15, 0.2) is 16.5 Å². The standard InChI is InChI=1S/C8H10Cl2OS/c9-4-1-5-12-6-7-2-3-8(10)11-7/h2-3H,1,4-6H2. The minimum Gasteiger partial charge on any atom is -0.449 e. The van der Waals surface area contributed by atoms with Crippen LogP contribution in [0, 0.1) is 0 Å². The first-order valence-corrected chi connectivity index (χ1v) is 5.77. The predicted octanol–water partition coefficient (Wildman–Crippen LogP) is 3.80. The Morgan fingerprint density at radius 1 is 1.42 bits per heavy atom. The fraction of sp³-hybridized carbons (Fsp3) is 0.500. The molecule has 0 spiro atoms. The van der Waals surface area contributed by atoms with Gasteiger partial charge < -0.3 is 4.42 Å². The molecule has 1 nitrogen and oxygen atoms in total. The third-order valence-corrected chi connectivity index (χ3v) is 2.83. The van der Waals surface area contributed by atoms with Crippen molar-refractivity contribution in [3.8, 4) is 0 Å². The molecule has 0 aliphatic carbocycles. The molecule has 0 fully saturated rings. The Kier molecular flexibility index (Phi) is 4.96. The summed E-state index contributed by atoms with van der Waals surface area (Å²) in [6.07, 6.45) is 1.04. The molecule has 1 aromatic rings. The average Bonchev–Trinajstić information content (AvgIpc) is 2.45. The maximum atomic E-state index is 5.60. The third kappa shape index (κ3) is 3.74. The van der Waals surface area contributed by atoms with Gasteiger partial charge in [0.05, 0.1) is 5.75 Å². The van der Waals surface area contributed by atoms with Crippen LogP contribution in [0.1, 0.15) is 12.2 Å². The number of halogens is 2. The first-order chi connectivity index (χ1) is 5.83. The molecule has 0 saturated carbocycles. The topological polar surface area (TPSA) is 13.1 Å². The van der Waals surface area contributed by atoms with Crippen molar-refractivity contribution in [2.75, 3.05) is 11.6 Å². The Morgan fingerprint density at radius 2 is 2.25 bits per heavy atom. The molecule has 0 radical (unpaired) electrons. The van der Waals surface area contributed by atoms with Crippen LogP contribution in [0.25, 0.3) is 0 Å². The van der Waals surface area contributed by atoms with Gasteiger partial charge in [-0.2, -0.15) is 11.8 Å². The summed E-state index contributed by atoms with van der Waals surface area (Å²) in [5.41, 5.74) is 0. The summed E-state index contributed by atoms with van der Waals surface area (Å²) in [7, 11) is 0. The lowest BCUT2D eigenvalue weighted by molar-refractivity contribution is 0.532. The third-order valence-electron chi connectivity index (χ3n) is 1.30. The molecular weight excluding hydrogens is 215 g/mol. The molecule has 0 N–H and O–H groups in total. The number of hydrogen-bond donors (Lipinski definition) is 0. The van der Waals surface area contributed by atoms with Crippen molar-refractivity contribution in [3.05, 3.63) is 23.1 Å². The van der Waals surface area contributed by atoms with Crippen LogP contribution in [0.5, 0.6) is 0 Å². The maximum absolute atomic E-state index is 5.60. The quantitative estimate of drug-likeness (QED) is 0.558. The molecule has 0 unspecified atom stereocenters. The first kappa shape index (κ1) is 10.3. The van der Waals surface area contributed by atoms with Gasteiger partial charge in [-0.15, -0.1) is 11.6 Å². The van der Waals surface area contributed by atoms with Crippen molar-refractivity contribution in [2.24, 2.45) is 0 Å². The number of rotatable bonds is 5. The van der Waals surface area contributed by atoms with Gasteiger partial charge in [0.2, 0.25) is 0 Å². The second-order valence-corrected chi connectivity index (χ2v) is 4.16. The van der Waals surface area contributed by atoms with Gasteiger partial charge in [0.15, 0.2) is 5.22 Å². The normalized spacial score (nSPS) is 10.5. The molecule has 0 aliphatic heterocycles. The maximum Gasteiger partial charge on any atom is 0.193 e. The van der Waals surface area contributed by atoms with E-state index < -0.39 is 0 Å². The van der Waals surface area contributed by atoms with Gasteiger partial charge in [0.25, 0.3) is 0 Å². The highest BCUT2D eigenvalue weighted by molar-refractivity contribution is 7.98. The SMILES string of the molecule is ClCCCSCc1ccc(Cl)o1. The molecule has 0 aromatic carbocycles. The van der Waals surface area contributed by atoms with Gasteiger partial charge in [-0.05, 0) is 35.9 Å². The zero-order valence-corrected chi connectivity index (χ0v) is 8.88. The number of thioether (sulfide) groups is 1. The molecule has 0 amide bonds. The highest BCUT2D eigenvalue weighted by Crippen LogP contribution is 2.18. The summed E-state index contributed by atoms with van der Waals surface area (Å²) >= 11 is 12.9. The Labute approximate surface area is 86.4 Å². The molecule has 0 atom stereocenters. The predicted molar refractivity (Wildman–Crippen MR) is 55.2 cm³/mol. The zero-order valence-electron chi connectivity index (χ0n) is 6.56. The van der Waals surface area contributed by atoms with E-state index in [1.807, 2.05) is 17.8 Å². The van der Waals surface area contributed by atoms with E-state index in [4.69, 9.17) is 27.6 Å².